The molecule has 0 fully saturated rings. The Morgan fingerprint density at radius 3 is 2.92 bits per heavy atom. The average molecular weight is 368 g/mol. The first kappa shape index (κ1) is 16.2. The van der Waals surface area contributed by atoms with E-state index in [1.807, 2.05) is 0 Å². The van der Waals surface area contributed by atoms with Gasteiger partial charge in [0.1, 0.15) is 23.7 Å². The molecule has 0 saturated carbocycles. The van der Waals surface area contributed by atoms with Crippen LogP contribution in [-0.2, 0) is 22.7 Å². The molecule has 26 heavy (non-hydrogen) atoms. The summed E-state index contributed by atoms with van der Waals surface area (Å²) in [5.41, 5.74) is 0.525. The van der Waals surface area contributed by atoms with Crippen LogP contribution in [0.15, 0.2) is 51.6 Å². The molecule has 8 nitrogen and oxygen atoms in total. The summed E-state index contributed by atoms with van der Waals surface area (Å²) in [7, 11) is 0. The summed E-state index contributed by atoms with van der Waals surface area (Å²) in [5, 5.41) is 2.19. The second-order valence-electron chi connectivity index (χ2n) is 5.50. The van der Waals surface area contributed by atoms with E-state index in [0.29, 0.717) is 21.1 Å². The molecule has 1 aromatic carbocycles. The molecular formula is C17H12N4O4S. The van der Waals surface area contributed by atoms with Gasteiger partial charge in [0.25, 0.3) is 11.1 Å². The number of aromatic nitrogens is 4. The van der Waals surface area contributed by atoms with Gasteiger partial charge in [-0.1, -0.05) is 12.1 Å². The van der Waals surface area contributed by atoms with Gasteiger partial charge in [-0.15, -0.1) is 11.3 Å². The number of hydrogen-bond donors (Lipinski definition) is 1. The van der Waals surface area contributed by atoms with Crippen molar-refractivity contribution in [1.29, 1.82) is 0 Å². The highest BCUT2D eigenvalue weighted by molar-refractivity contribution is 7.17. The number of H-pyrrole nitrogens is 1. The number of esters is 1. The molecule has 0 unspecified atom stereocenters. The third-order valence-electron chi connectivity index (χ3n) is 3.76. The van der Waals surface area contributed by atoms with Gasteiger partial charge in [-0.05, 0) is 23.6 Å². The van der Waals surface area contributed by atoms with Gasteiger partial charge in [-0.2, -0.15) is 0 Å². The van der Waals surface area contributed by atoms with Gasteiger partial charge in [0.15, 0.2) is 0 Å². The Labute approximate surface area is 149 Å². The Balaban J connectivity index is 1.49. The topological polar surface area (TPSA) is 107 Å². The number of carbonyl (C=O) groups is 1. The fourth-order valence-electron chi connectivity index (χ4n) is 2.54. The Morgan fingerprint density at radius 1 is 1.19 bits per heavy atom. The van der Waals surface area contributed by atoms with Crippen LogP contribution in [0.4, 0.5) is 0 Å². The van der Waals surface area contributed by atoms with E-state index in [2.05, 4.69) is 15.0 Å². The third-order valence-corrected chi connectivity index (χ3v) is 4.67. The molecule has 0 amide bonds. The van der Waals surface area contributed by atoms with E-state index in [-0.39, 0.29) is 30.1 Å². The van der Waals surface area contributed by atoms with Gasteiger partial charge in [-0.25, -0.2) is 9.97 Å². The summed E-state index contributed by atoms with van der Waals surface area (Å²) in [6, 6.07) is 8.61. The molecular weight excluding hydrogens is 356 g/mol. The molecule has 4 rings (SSSR count). The highest BCUT2D eigenvalue weighted by atomic mass is 32.1. The minimum Gasteiger partial charge on any atom is -0.456 e. The van der Waals surface area contributed by atoms with E-state index in [0.717, 1.165) is 0 Å². The van der Waals surface area contributed by atoms with E-state index in [9.17, 15) is 14.4 Å². The molecule has 130 valence electrons. The number of hydrogen-bond acceptors (Lipinski definition) is 7. The van der Waals surface area contributed by atoms with Crippen molar-refractivity contribution in [3.63, 3.8) is 0 Å². The second-order valence-corrected chi connectivity index (χ2v) is 6.42. The molecule has 4 aromatic rings. The molecule has 3 aromatic heterocycles. The number of thiophene rings is 1. The summed E-state index contributed by atoms with van der Waals surface area (Å²) in [6.45, 7) is -0.461. The molecule has 0 aliphatic carbocycles. The lowest BCUT2D eigenvalue weighted by Gasteiger charge is -2.07. The highest BCUT2D eigenvalue weighted by Crippen LogP contribution is 2.13. The van der Waals surface area contributed by atoms with Crippen molar-refractivity contribution in [2.24, 2.45) is 0 Å². The largest absolute Gasteiger partial charge is 0.456 e. The number of carbonyl (C=O) groups excluding carboxylic acids is 1. The smallest absolute Gasteiger partial charge is 0.326 e. The summed E-state index contributed by atoms with van der Waals surface area (Å²) < 4.78 is 6.83. The monoisotopic (exact) mass is 368 g/mol. The maximum absolute atomic E-state index is 12.4. The first-order chi connectivity index (χ1) is 12.6. The lowest BCUT2D eigenvalue weighted by atomic mass is 10.2. The summed E-state index contributed by atoms with van der Waals surface area (Å²) in [5.74, 6) is -0.379. The maximum Gasteiger partial charge on any atom is 0.326 e. The van der Waals surface area contributed by atoms with Crippen LogP contribution in [-0.4, -0.2) is 25.5 Å². The molecule has 0 aliphatic heterocycles. The van der Waals surface area contributed by atoms with Crippen LogP contribution in [0.25, 0.3) is 21.1 Å². The number of benzene rings is 1. The number of rotatable bonds is 4. The average Bonchev–Trinajstić information content (AvgIpc) is 3.12. The van der Waals surface area contributed by atoms with Crippen molar-refractivity contribution in [1.82, 2.24) is 19.5 Å². The molecule has 1 N–H and O–H groups in total. The van der Waals surface area contributed by atoms with Crippen LogP contribution in [0, 0.1) is 0 Å². The van der Waals surface area contributed by atoms with Crippen molar-refractivity contribution in [2.75, 3.05) is 0 Å². The molecule has 0 saturated heterocycles. The van der Waals surface area contributed by atoms with Gasteiger partial charge in [0, 0.05) is 0 Å². The minimum atomic E-state index is -0.628. The molecule has 0 spiro atoms. The zero-order chi connectivity index (χ0) is 18.1. The van der Waals surface area contributed by atoms with Crippen LogP contribution in [0.3, 0.4) is 0 Å². The van der Waals surface area contributed by atoms with Crippen LogP contribution in [0.1, 0.15) is 5.82 Å². The fraction of sp³-hybridized carbons (Fsp3) is 0.118. The zero-order valence-corrected chi connectivity index (χ0v) is 14.2. The number of ether oxygens (including phenoxy) is 1. The Bertz CT molecular complexity index is 1240. The normalized spacial score (nSPS) is 11.1. The van der Waals surface area contributed by atoms with Gasteiger partial charge in [0.2, 0.25) is 0 Å². The van der Waals surface area contributed by atoms with Crippen molar-refractivity contribution >= 4 is 38.4 Å². The maximum atomic E-state index is 12.4. The van der Waals surface area contributed by atoms with E-state index in [4.69, 9.17) is 4.74 Å². The van der Waals surface area contributed by atoms with Gasteiger partial charge in [0.05, 0.1) is 22.7 Å². The quantitative estimate of drug-likeness (QED) is 0.546. The Morgan fingerprint density at radius 2 is 2.04 bits per heavy atom. The number of nitrogens with zero attached hydrogens (tertiary/aromatic N) is 3. The van der Waals surface area contributed by atoms with Gasteiger partial charge < -0.3 is 9.72 Å². The lowest BCUT2D eigenvalue weighted by molar-refractivity contribution is -0.146. The first-order valence-corrected chi connectivity index (χ1v) is 8.56. The predicted molar refractivity (Wildman–Crippen MR) is 96.0 cm³/mol. The van der Waals surface area contributed by atoms with Crippen LogP contribution in [0.5, 0.6) is 0 Å². The number of nitrogens with one attached hydrogen (secondary N) is 1. The third kappa shape index (κ3) is 3.00. The number of aromatic amines is 1. The van der Waals surface area contributed by atoms with E-state index in [1.165, 1.54) is 22.2 Å². The number of fused-ring (bicyclic) bond motifs is 2. The second kappa shape index (κ2) is 6.52. The Hall–Kier alpha value is -3.33. The summed E-state index contributed by atoms with van der Waals surface area (Å²) >= 11 is 1.29. The molecule has 0 bridgehead atoms. The van der Waals surface area contributed by atoms with E-state index in [1.54, 1.807) is 35.7 Å². The first-order valence-electron chi connectivity index (χ1n) is 7.68. The zero-order valence-electron chi connectivity index (χ0n) is 13.3. The van der Waals surface area contributed by atoms with E-state index >= 15 is 0 Å². The minimum absolute atomic E-state index is 0.185. The van der Waals surface area contributed by atoms with Gasteiger partial charge in [-0.3, -0.25) is 19.0 Å². The number of para-hydroxylation sites is 1. The SMILES string of the molecule is O=C(Cn1cnc2ccccc2c1=O)OCc1nc2ccsc2c(=O)[nH]1. The standard InChI is InChI=1S/C17H12N4O4S/c22-14(7-21-9-18-11-4-2-1-3-10(11)17(21)24)25-8-13-19-12-5-6-26-15(12)16(23)20-13/h1-6,9H,7-8H2,(H,19,20,23). The summed E-state index contributed by atoms with van der Waals surface area (Å²) in [6.07, 6.45) is 1.31. The van der Waals surface area contributed by atoms with E-state index < -0.39 is 5.97 Å². The van der Waals surface area contributed by atoms with Crippen molar-refractivity contribution in [2.45, 2.75) is 13.2 Å². The molecule has 0 aliphatic rings. The highest BCUT2D eigenvalue weighted by Gasteiger charge is 2.11. The lowest BCUT2D eigenvalue weighted by Crippen LogP contribution is -2.26. The van der Waals surface area contributed by atoms with Gasteiger partial charge >= 0.3 is 5.97 Å². The van der Waals surface area contributed by atoms with Crippen molar-refractivity contribution < 1.29 is 9.53 Å². The van der Waals surface area contributed by atoms with Crippen molar-refractivity contribution in [3.05, 3.63) is 68.6 Å². The fourth-order valence-corrected chi connectivity index (χ4v) is 3.27. The van der Waals surface area contributed by atoms with Crippen LogP contribution >= 0.6 is 11.3 Å². The van der Waals surface area contributed by atoms with Crippen LogP contribution < -0.4 is 11.1 Å². The summed E-state index contributed by atoms with van der Waals surface area (Å²) in [4.78, 5) is 47.2. The van der Waals surface area contributed by atoms with Crippen LogP contribution in [0.2, 0.25) is 0 Å². The Kier molecular flexibility index (Phi) is 4.05. The molecule has 0 atom stereocenters. The molecule has 0 radical (unpaired) electrons. The molecule has 3 heterocycles. The van der Waals surface area contributed by atoms with Crippen molar-refractivity contribution in [3.8, 4) is 0 Å². The molecule has 9 heteroatoms. The predicted octanol–water partition coefficient (Wildman–Crippen LogP) is 1.44.